The molecule has 0 heterocycles. The van der Waals surface area contributed by atoms with Crippen LogP contribution in [0.25, 0.3) is 0 Å². The van der Waals surface area contributed by atoms with Crippen molar-refractivity contribution in [2.24, 2.45) is 0 Å². The Morgan fingerprint density at radius 2 is 1.70 bits per heavy atom. The topological polar surface area (TPSA) is 0 Å². The van der Waals surface area contributed by atoms with E-state index in [0.717, 1.165) is 17.7 Å². The van der Waals surface area contributed by atoms with Crippen molar-refractivity contribution in [3.8, 4) is 0 Å². The van der Waals surface area contributed by atoms with Gasteiger partial charge in [0.15, 0.2) is 0 Å². The number of alkyl halides is 4. The number of rotatable bonds is 3. The second kappa shape index (κ2) is 6.19. The van der Waals surface area contributed by atoms with Gasteiger partial charge in [-0.25, -0.2) is 0 Å². The third-order valence-corrected chi connectivity index (χ3v) is 4.03. The van der Waals surface area contributed by atoms with Crippen molar-refractivity contribution in [3.63, 3.8) is 0 Å². The van der Waals surface area contributed by atoms with Crippen LogP contribution in [0.3, 0.4) is 0 Å². The van der Waals surface area contributed by atoms with Crippen LogP contribution in [0.15, 0.2) is 53.0 Å². The van der Waals surface area contributed by atoms with Gasteiger partial charge in [-0.15, -0.1) is 11.6 Å². The summed E-state index contributed by atoms with van der Waals surface area (Å²) in [5.41, 5.74) is 0.747. The average Bonchev–Trinajstić information content (AvgIpc) is 2.39. The van der Waals surface area contributed by atoms with Gasteiger partial charge in [0.05, 0.1) is 10.9 Å². The van der Waals surface area contributed by atoms with Crippen molar-refractivity contribution in [2.45, 2.75) is 18.0 Å². The molecule has 0 spiro atoms. The normalized spacial score (nSPS) is 13.2. The number of benzene rings is 2. The molecule has 0 fully saturated rings. The molecule has 20 heavy (non-hydrogen) atoms. The van der Waals surface area contributed by atoms with Crippen LogP contribution in [-0.4, -0.2) is 0 Å². The van der Waals surface area contributed by atoms with E-state index in [9.17, 15) is 13.2 Å². The Hall–Kier alpha value is -1.00. The van der Waals surface area contributed by atoms with Crippen molar-refractivity contribution in [3.05, 3.63) is 69.7 Å². The lowest BCUT2D eigenvalue weighted by molar-refractivity contribution is -0.137. The molecular weight excluding hydrogens is 353 g/mol. The van der Waals surface area contributed by atoms with Crippen molar-refractivity contribution in [1.82, 2.24) is 0 Å². The predicted molar refractivity (Wildman–Crippen MR) is 77.9 cm³/mol. The van der Waals surface area contributed by atoms with Crippen LogP contribution in [0.5, 0.6) is 0 Å². The third-order valence-electron chi connectivity index (χ3n) is 2.92. The minimum Gasteiger partial charge on any atom is -0.166 e. The summed E-state index contributed by atoms with van der Waals surface area (Å²) in [6, 6.07) is 13.0. The third kappa shape index (κ3) is 3.76. The van der Waals surface area contributed by atoms with Gasteiger partial charge in [-0.05, 0) is 35.7 Å². The summed E-state index contributed by atoms with van der Waals surface area (Å²) in [7, 11) is 0. The first-order valence-corrected chi connectivity index (χ1v) is 7.15. The Bertz CT molecular complexity index is 581. The molecule has 0 saturated carbocycles. The molecule has 0 bridgehead atoms. The lowest BCUT2D eigenvalue weighted by Gasteiger charge is -2.15. The predicted octanol–water partition coefficient (Wildman–Crippen LogP) is 5.99. The van der Waals surface area contributed by atoms with Crippen LogP contribution in [0.2, 0.25) is 0 Å². The van der Waals surface area contributed by atoms with Gasteiger partial charge in [-0.1, -0.05) is 46.3 Å². The van der Waals surface area contributed by atoms with Crippen LogP contribution in [0, 0.1) is 0 Å². The number of hydrogen-bond donors (Lipinski definition) is 0. The molecule has 0 amide bonds. The highest BCUT2D eigenvalue weighted by atomic mass is 79.9. The molecule has 0 aliphatic carbocycles. The Morgan fingerprint density at radius 3 is 2.30 bits per heavy atom. The standard InChI is InChI=1S/C15H11BrClF3/c16-13-7-6-11(15(18,19)20)9-12(13)14(17)8-10-4-2-1-3-5-10/h1-7,9,14H,8H2. The zero-order valence-corrected chi connectivity index (χ0v) is 12.6. The molecule has 1 atom stereocenters. The molecule has 0 nitrogen and oxygen atoms in total. The number of hydrogen-bond acceptors (Lipinski definition) is 0. The van der Waals surface area contributed by atoms with Crippen molar-refractivity contribution < 1.29 is 13.2 Å². The van der Waals surface area contributed by atoms with E-state index in [1.165, 1.54) is 6.07 Å². The monoisotopic (exact) mass is 362 g/mol. The van der Waals surface area contributed by atoms with Crippen LogP contribution < -0.4 is 0 Å². The molecule has 1 unspecified atom stereocenters. The van der Waals surface area contributed by atoms with E-state index in [2.05, 4.69) is 15.9 Å². The van der Waals surface area contributed by atoms with Gasteiger partial charge >= 0.3 is 6.18 Å². The zero-order valence-electron chi connectivity index (χ0n) is 10.3. The van der Waals surface area contributed by atoms with Gasteiger partial charge in [0.2, 0.25) is 0 Å². The quantitative estimate of drug-likeness (QED) is 0.588. The van der Waals surface area contributed by atoms with Crippen molar-refractivity contribution >= 4 is 27.5 Å². The maximum absolute atomic E-state index is 12.7. The summed E-state index contributed by atoms with van der Waals surface area (Å²) in [4.78, 5) is 0. The van der Waals surface area contributed by atoms with E-state index in [4.69, 9.17) is 11.6 Å². The molecule has 0 aromatic heterocycles. The summed E-state index contributed by atoms with van der Waals surface area (Å²) in [5.74, 6) is 0. The van der Waals surface area contributed by atoms with E-state index in [1.54, 1.807) is 0 Å². The van der Waals surface area contributed by atoms with Crippen molar-refractivity contribution in [1.29, 1.82) is 0 Å². The molecule has 0 saturated heterocycles. The average molecular weight is 364 g/mol. The second-order valence-electron chi connectivity index (χ2n) is 4.39. The molecule has 106 valence electrons. The minimum atomic E-state index is -4.36. The first-order chi connectivity index (χ1) is 9.38. The van der Waals surface area contributed by atoms with Crippen LogP contribution in [0.1, 0.15) is 22.1 Å². The SMILES string of the molecule is FC(F)(F)c1ccc(Br)c(C(Cl)Cc2ccccc2)c1. The highest BCUT2D eigenvalue weighted by molar-refractivity contribution is 9.10. The van der Waals surface area contributed by atoms with Crippen LogP contribution in [-0.2, 0) is 12.6 Å². The summed E-state index contributed by atoms with van der Waals surface area (Å²) < 4.78 is 38.8. The van der Waals surface area contributed by atoms with E-state index in [-0.39, 0.29) is 0 Å². The zero-order chi connectivity index (χ0) is 14.8. The molecular formula is C15H11BrClF3. The fourth-order valence-corrected chi connectivity index (χ4v) is 2.90. The lowest BCUT2D eigenvalue weighted by Crippen LogP contribution is -2.07. The number of halogens is 5. The maximum Gasteiger partial charge on any atom is 0.416 e. The smallest absolute Gasteiger partial charge is 0.166 e. The molecule has 0 aliphatic heterocycles. The largest absolute Gasteiger partial charge is 0.416 e. The Morgan fingerprint density at radius 1 is 1.05 bits per heavy atom. The highest BCUT2D eigenvalue weighted by Gasteiger charge is 2.31. The van der Waals surface area contributed by atoms with E-state index < -0.39 is 17.1 Å². The van der Waals surface area contributed by atoms with Gasteiger partial charge in [0.1, 0.15) is 0 Å². The van der Waals surface area contributed by atoms with Gasteiger partial charge < -0.3 is 0 Å². The van der Waals surface area contributed by atoms with Gasteiger partial charge in [-0.2, -0.15) is 13.2 Å². The Kier molecular flexibility index (Phi) is 4.76. The van der Waals surface area contributed by atoms with E-state index in [0.29, 0.717) is 16.5 Å². The summed E-state index contributed by atoms with van der Waals surface area (Å²) in [6.45, 7) is 0. The summed E-state index contributed by atoms with van der Waals surface area (Å²) in [5, 5.41) is -0.519. The second-order valence-corrected chi connectivity index (χ2v) is 5.77. The van der Waals surface area contributed by atoms with Gasteiger partial charge in [0.25, 0.3) is 0 Å². The lowest BCUT2D eigenvalue weighted by atomic mass is 10.0. The van der Waals surface area contributed by atoms with E-state index >= 15 is 0 Å². The fourth-order valence-electron chi connectivity index (χ4n) is 1.89. The molecule has 0 radical (unpaired) electrons. The van der Waals surface area contributed by atoms with Gasteiger partial charge in [-0.3, -0.25) is 0 Å². The minimum absolute atomic E-state index is 0.449. The highest BCUT2D eigenvalue weighted by Crippen LogP contribution is 2.36. The molecule has 2 aromatic rings. The first-order valence-electron chi connectivity index (χ1n) is 5.92. The molecule has 2 rings (SSSR count). The Labute approximate surface area is 128 Å². The van der Waals surface area contributed by atoms with Crippen LogP contribution >= 0.6 is 27.5 Å². The van der Waals surface area contributed by atoms with Crippen molar-refractivity contribution in [2.75, 3.05) is 0 Å². The fraction of sp³-hybridized carbons (Fsp3) is 0.200. The summed E-state index contributed by atoms with van der Waals surface area (Å²) in [6.07, 6.45) is -3.89. The van der Waals surface area contributed by atoms with Crippen LogP contribution in [0.4, 0.5) is 13.2 Å². The first kappa shape index (κ1) is 15.4. The Balaban J connectivity index is 2.27. The maximum atomic E-state index is 12.7. The van der Waals surface area contributed by atoms with E-state index in [1.807, 2.05) is 30.3 Å². The summed E-state index contributed by atoms with van der Waals surface area (Å²) >= 11 is 9.53. The molecule has 0 N–H and O–H groups in total. The molecule has 0 aliphatic rings. The molecule has 5 heteroatoms. The van der Waals surface area contributed by atoms with Gasteiger partial charge in [0, 0.05) is 4.47 Å². The molecule has 2 aromatic carbocycles.